The molecule has 63 heteroatoms. The maximum Gasteiger partial charge on any atom is 0.324 e. The molecule has 14 rings (SSSR count). The number of piperidine rings is 1. The number of nitrogens with zero attached hydrogens (tertiary/aromatic N) is 11. The smallest absolute Gasteiger partial charge is 0.324 e. The van der Waals surface area contributed by atoms with Crippen molar-refractivity contribution < 1.29 is 164 Å². The highest BCUT2D eigenvalue weighted by atomic mass is 35.5. The van der Waals surface area contributed by atoms with Crippen molar-refractivity contribution in [1.82, 2.24) is 77.1 Å². The second-order valence-corrected chi connectivity index (χ2v) is 45.9. The number of alkyl halides is 1. The largest absolute Gasteiger partial charge is 0.451 e. The van der Waals surface area contributed by atoms with Crippen LogP contribution in [-0.2, 0) is 99.6 Å². The third-order valence-electron chi connectivity index (χ3n) is 22.4. The molecule has 44 nitrogen and oxygen atoms in total. The average Bonchev–Trinajstić information content (AvgIpc) is 0.924. The van der Waals surface area contributed by atoms with Crippen LogP contribution in [-0.4, -0.2) is 304 Å². The highest BCUT2D eigenvalue weighted by molar-refractivity contribution is 7.90. The number of hydroxylamine groups is 4. The van der Waals surface area contributed by atoms with Crippen LogP contribution in [0.5, 0.6) is 46.0 Å². The normalized spacial score (nSPS) is 17.5. The summed E-state index contributed by atoms with van der Waals surface area (Å²) in [5.74, 6) is -22.3. The summed E-state index contributed by atoms with van der Waals surface area (Å²) >= 11 is 28.4. The van der Waals surface area contributed by atoms with E-state index in [1.165, 1.54) is 163 Å². The molecule has 149 heavy (non-hydrogen) atoms. The van der Waals surface area contributed by atoms with E-state index in [0.29, 0.717) is 104 Å². The molecular formula is C86H85Cl5F8N16O28S6. The number of ether oxygens (including phenoxy) is 4. The lowest BCUT2D eigenvalue weighted by Gasteiger charge is -2.39. The number of pyridine rings is 1. The zero-order valence-electron chi connectivity index (χ0n) is 76.8. The number of aromatic nitrogens is 1. The first-order chi connectivity index (χ1) is 70.2. The van der Waals surface area contributed by atoms with Crippen molar-refractivity contribution in [3.05, 3.63) is 242 Å². The first-order valence-corrected chi connectivity index (χ1v) is 53.8. The van der Waals surface area contributed by atoms with E-state index in [1.807, 2.05) is 5.32 Å². The molecule has 0 radical (unpaired) electrons. The molecule has 0 aliphatic carbocycles. The molecule has 1 aromatic heterocycles. The van der Waals surface area contributed by atoms with E-state index in [0.717, 1.165) is 42.0 Å². The fourth-order valence-corrected chi connectivity index (χ4v) is 24.5. The summed E-state index contributed by atoms with van der Waals surface area (Å²) < 4.78 is 301. The van der Waals surface area contributed by atoms with Gasteiger partial charge in [0, 0.05) is 138 Å². The Morgan fingerprint density at radius 3 is 0.926 bits per heavy atom. The molecule has 5 aliphatic rings. The number of hydrogen-bond donors (Lipinski definition) is 9. The predicted octanol–water partition coefficient (Wildman–Crippen LogP) is 8.11. The lowest BCUT2D eigenvalue weighted by molar-refractivity contribution is -0.154. The number of carbonyl (C=O) groups excluding carboxylic acids is 8. The minimum atomic E-state index is -4.76. The van der Waals surface area contributed by atoms with Gasteiger partial charge in [-0.15, -0.1) is 11.6 Å². The molecule has 4 atom stereocenters. The van der Waals surface area contributed by atoms with E-state index in [1.54, 1.807) is 0 Å². The van der Waals surface area contributed by atoms with Gasteiger partial charge in [0.1, 0.15) is 53.0 Å². The maximum absolute atomic E-state index is 14.8. The molecule has 0 spiro atoms. The standard InChI is InChI=1S/C24H25ClF2N4O7S.C23H21ClF2N4O7S2.C20H18Cl2F2N4O7S.C19H21ClF2N4O7S2/c25-15-4-6-16(7-5-15)38-21-18(26)12-17(13-19(21)27)39(36,37)31-11-10-30(14-20(31)22(32)28-35)24(34)23(33)29-8-2-1-3-9-29;24-16-1-3-17(4-2-16)37-22-19(25)11-18(12-20(22)26)39(35,36)30-10-9-29(13-21(30)23(31)28-32)38(33,34)14-15-5-7-27-8-6-15;21-9-17(29)25-20(31)27-5-6-28(16(10-27)19(30)26-32)36(33,34)13-7-14(23)18(15(24)8-13)35-12-3-1-11(22)2-4-12;1-24(2)35(31,32)25-7-8-26(17(11-25)19(27)23-28)34(29,30)14-9-15(21)18(16(22)10-14)33-13-5-3-12(20)4-6-13/h4-7,12-13,20,35H,1-3,8-11,14H2,(H,28,32);1-8,11-12,21,32H,9-10,13-14H2,(H,28,31);1-4,7-8,16,32H,5-6,9-10H2,(H,26,30)(H,25,29,31);3-6,9-10,17,28H,7-8,11H2,1-2H3,(H,23,27)/t20-;21-;16-;17-/m1111/s1. The van der Waals surface area contributed by atoms with Crippen LogP contribution in [0.2, 0.25) is 20.1 Å². The number of benzene rings is 8. The monoisotopic (exact) mass is 2310 g/mol. The highest BCUT2D eigenvalue weighted by Gasteiger charge is 2.49. The predicted molar refractivity (Wildman–Crippen MR) is 507 cm³/mol. The SMILES string of the molecule is CN(C)S(=O)(=O)N1CCN(S(=O)(=O)c2cc(F)c(Oc3ccc(Cl)cc3)c(F)c2)[C@@H](C(=O)NO)C1.O=C(CCl)NC(=O)N1CCN(S(=O)(=O)c2cc(F)c(Oc3ccc(Cl)cc3)c(F)c2)[C@@H](C(=O)NO)C1.O=C(NO)[C@H]1CN(C(=O)C(=O)N2CCCCC2)CCN1S(=O)(=O)c1cc(F)c(Oc2ccc(Cl)cc2)c(F)c1.O=C(NO)[C@H]1CN(S(=O)(=O)Cc2ccncc2)CCN1S(=O)(=O)c1cc(F)c(Oc2ccc(Cl)cc2)c(F)c1. The summed E-state index contributed by atoms with van der Waals surface area (Å²) in [7, 11) is -24.5. The Hall–Kier alpha value is -12.0. The molecule has 5 saturated heterocycles. The zero-order chi connectivity index (χ0) is 109. The van der Waals surface area contributed by atoms with E-state index in [-0.39, 0.29) is 49.2 Å². The lowest BCUT2D eigenvalue weighted by Crippen LogP contribution is -2.62. The Morgan fingerprint density at radius 1 is 0.362 bits per heavy atom. The third kappa shape index (κ3) is 28.5. The summed E-state index contributed by atoms with van der Waals surface area (Å²) in [6.45, 7) is -4.94. The Morgan fingerprint density at radius 2 is 0.631 bits per heavy atom. The van der Waals surface area contributed by atoms with Crippen LogP contribution in [0, 0.1) is 46.5 Å². The Balaban J connectivity index is 0.000000189. The summed E-state index contributed by atoms with van der Waals surface area (Å²) in [6, 6.07) is 21.6. The second-order valence-electron chi connectivity index (χ2n) is 32.2. The maximum atomic E-state index is 14.8. The van der Waals surface area contributed by atoms with E-state index < -0.39 is 285 Å². The van der Waals surface area contributed by atoms with Crippen molar-refractivity contribution in [3.8, 4) is 46.0 Å². The molecule has 0 saturated carbocycles. The fraction of sp³-hybridized carbons (Fsp3) is 0.291. The Bertz CT molecular complexity index is 7160. The summed E-state index contributed by atoms with van der Waals surface area (Å²) in [4.78, 5) is 102. The number of hydrogen-bond acceptors (Lipinski definition) is 29. The van der Waals surface area contributed by atoms with Gasteiger partial charge in [-0.2, -0.15) is 38.6 Å². The van der Waals surface area contributed by atoms with Crippen LogP contribution in [0.15, 0.2) is 190 Å². The minimum Gasteiger partial charge on any atom is -0.451 e. The van der Waals surface area contributed by atoms with E-state index in [2.05, 4.69) is 4.98 Å². The van der Waals surface area contributed by atoms with Gasteiger partial charge in [-0.25, -0.2) is 104 Å². The number of sulfonamides is 5. The van der Waals surface area contributed by atoms with Crippen LogP contribution in [0.3, 0.4) is 0 Å². The molecule has 6 heterocycles. The Labute approximate surface area is 869 Å². The van der Waals surface area contributed by atoms with Crippen LogP contribution in [0.25, 0.3) is 0 Å². The van der Waals surface area contributed by atoms with Crippen molar-refractivity contribution in [2.24, 2.45) is 0 Å². The van der Waals surface area contributed by atoms with Gasteiger partial charge in [-0.3, -0.25) is 64.7 Å². The molecule has 804 valence electrons. The van der Waals surface area contributed by atoms with E-state index in [9.17, 15) is 134 Å². The van der Waals surface area contributed by atoms with Gasteiger partial charge >= 0.3 is 17.8 Å². The number of halogens is 13. The van der Waals surface area contributed by atoms with Crippen LogP contribution in [0.4, 0.5) is 39.9 Å². The minimum absolute atomic E-state index is 0.0366. The van der Waals surface area contributed by atoms with Gasteiger partial charge in [0.2, 0.25) is 56.0 Å². The number of rotatable bonds is 26. The van der Waals surface area contributed by atoms with Crippen LogP contribution >= 0.6 is 58.0 Å². The number of urea groups is 1. The topological polar surface area (TPSA) is 565 Å². The molecule has 9 amide bonds. The molecule has 5 aliphatic heterocycles. The summed E-state index contributed by atoms with van der Waals surface area (Å²) in [6.07, 6.45) is 5.24. The number of piperazine rings is 4. The second kappa shape index (κ2) is 50.3. The first-order valence-electron chi connectivity index (χ1n) is 43.0. The van der Waals surface area contributed by atoms with Crippen LogP contribution < -0.4 is 46.2 Å². The zero-order valence-corrected chi connectivity index (χ0v) is 85.5. The van der Waals surface area contributed by atoms with E-state index >= 15 is 0 Å². The molecule has 8 aromatic carbocycles. The molecule has 0 bridgehead atoms. The average molecular weight is 2310 g/mol. The highest BCUT2D eigenvalue weighted by Crippen LogP contribution is 2.40. The third-order valence-corrected chi connectivity index (χ3v) is 34.9. The fourth-order valence-electron chi connectivity index (χ4n) is 14.9. The molecule has 9 aromatic rings. The molecular weight excluding hydrogens is 2230 g/mol. The van der Waals surface area contributed by atoms with Gasteiger partial charge in [-0.05, 0) is 183 Å². The number of imide groups is 1. The molecule has 5 fully saturated rings. The van der Waals surface area contributed by atoms with Crippen molar-refractivity contribution in [2.75, 3.05) is 112 Å². The van der Waals surface area contributed by atoms with Crippen molar-refractivity contribution in [2.45, 2.75) is 68.8 Å². The van der Waals surface area contributed by atoms with Gasteiger partial charge in [0.15, 0.2) is 69.5 Å². The number of nitrogens with one attached hydrogen (secondary N) is 5. The van der Waals surface area contributed by atoms with Crippen LogP contribution in [0.1, 0.15) is 24.8 Å². The van der Waals surface area contributed by atoms with Gasteiger partial charge in [0.05, 0.1) is 25.3 Å². The van der Waals surface area contributed by atoms with Crippen molar-refractivity contribution in [1.29, 1.82) is 0 Å². The van der Waals surface area contributed by atoms with Gasteiger partial charge < -0.3 is 33.6 Å². The van der Waals surface area contributed by atoms with Gasteiger partial charge in [0.25, 0.3) is 33.8 Å². The number of carbonyl (C=O) groups is 8. The number of amides is 9. The summed E-state index contributed by atoms with van der Waals surface area (Å²) in [5.41, 5.74) is 5.67. The first kappa shape index (κ1) is 117. The molecule has 0 unspecified atom stereocenters. The van der Waals surface area contributed by atoms with Crippen molar-refractivity contribution >= 4 is 166 Å². The number of likely N-dealkylation sites (tertiary alicyclic amines) is 1. The summed E-state index contributed by atoms with van der Waals surface area (Å²) in [5, 5.41) is 40.0. The van der Waals surface area contributed by atoms with E-state index in [4.69, 9.17) is 87.4 Å². The Kier molecular flexibility index (Phi) is 39.6. The lowest BCUT2D eigenvalue weighted by atomic mass is 10.1. The quantitative estimate of drug-likeness (QED) is 0.00812. The molecule has 9 N–H and O–H groups in total. The van der Waals surface area contributed by atoms with Crippen molar-refractivity contribution in [3.63, 3.8) is 0 Å². The van der Waals surface area contributed by atoms with Gasteiger partial charge in [-0.1, -0.05) is 46.4 Å².